The molecule has 5 heterocycles. The highest BCUT2D eigenvalue weighted by atomic mass is 35.5. The monoisotopic (exact) mass is 773 g/mol. The average molecular weight is 775 g/mol. The molecule has 2 aromatic carbocycles. The van der Waals surface area contributed by atoms with Gasteiger partial charge >= 0.3 is 5.97 Å². The van der Waals surface area contributed by atoms with Crippen LogP contribution in [0, 0.1) is 23.0 Å². The number of halogens is 2. The molecular weight excluding hydrogens is 729 g/mol. The van der Waals surface area contributed by atoms with Crippen molar-refractivity contribution < 1.29 is 33.6 Å². The number of nitrogens with zero attached hydrogens (tertiary/aromatic N) is 3. The van der Waals surface area contributed by atoms with Gasteiger partial charge in [0, 0.05) is 42.6 Å². The number of piperidine rings is 4. The maximum Gasteiger partial charge on any atom is 0.314 e. The Morgan fingerprint density at radius 2 is 1.78 bits per heavy atom. The Kier molecular flexibility index (Phi) is 11.4. The van der Waals surface area contributed by atoms with Crippen molar-refractivity contribution in [3.63, 3.8) is 0 Å². The van der Waals surface area contributed by atoms with E-state index in [9.17, 15) is 19.9 Å². The summed E-state index contributed by atoms with van der Waals surface area (Å²) in [6, 6.07) is 15.2. The number of carboxylic acids is 1. The van der Waals surface area contributed by atoms with E-state index in [2.05, 4.69) is 15.7 Å². The van der Waals surface area contributed by atoms with Crippen LogP contribution in [-0.2, 0) is 26.2 Å². The maximum absolute atomic E-state index is 13.2. The fourth-order valence-electron chi connectivity index (χ4n) is 9.09. The van der Waals surface area contributed by atoms with Crippen molar-refractivity contribution >= 4 is 35.1 Å². The summed E-state index contributed by atoms with van der Waals surface area (Å²) in [7, 11) is 3.11. The zero-order valence-electron chi connectivity index (χ0n) is 30.5. The minimum absolute atomic E-state index is 0.0358. The molecule has 1 N–H and O–H groups in total. The summed E-state index contributed by atoms with van der Waals surface area (Å²) < 4.78 is 18.2. The standard InChI is InChI=1S/C42H45Cl2N3O7/c1-52-38-11-9-28(19-40(38)53-2)39(20-33-35(43)24-47(51)25-36(33)44)54-32-10-8-29(30(18-32)26-48)22-46-17-14-42(41(49)50,31-6-4-3-5-7-31)21-37(46)34-23-45-15-12-27(34)13-16-45/h3-11,18-19,24-25,27,29,34,37,39H,12-17,20-23H2,1-2H3,(H,49,50)/t29?,34-,37?,39-,42?/m0/s1. The van der Waals surface area contributed by atoms with E-state index < -0.39 is 17.5 Å². The number of hydrogen-bond acceptors (Lipinski definition) is 8. The number of hydrogen-bond donors (Lipinski definition) is 1. The minimum atomic E-state index is -0.973. The number of allylic oxidation sites excluding steroid dienone is 2. The first-order valence-corrected chi connectivity index (χ1v) is 19.2. The molecular formula is C42H45Cl2N3O7. The Labute approximate surface area is 325 Å². The third-order valence-corrected chi connectivity index (χ3v) is 12.7. The Morgan fingerprint density at radius 1 is 1.06 bits per heavy atom. The number of ether oxygens (including phenoxy) is 3. The van der Waals surface area contributed by atoms with Gasteiger partial charge in [-0.1, -0.05) is 65.7 Å². The first-order valence-electron chi connectivity index (χ1n) is 18.5. The molecule has 5 aliphatic rings. The van der Waals surface area contributed by atoms with Crippen LogP contribution in [0.25, 0.3) is 0 Å². The lowest BCUT2D eigenvalue weighted by atomic mass is 9.64. The first-order chi connectivity index (χ1) is 26.1. The molecule has 3 aromatic rings. The van der Waals surface area contributed by atoms with Gasteiger partial charge in [-0.25, -0.2) is 4.79 Å². The highest BCUT2D eigenvalue weighted by Crippen LogP contribution is 2.46. The van der Waals surface area contributed by atoms with Crippen LogP contribution in [-0.4, -0.2) is 79.8 Å². The second-order valence-corrected chi connectivity index (χ2v) is 15.7. The second kappa shape index (κ2) is 16.2. The van der Waals surface area contributed by atoms with Crippen molar-refractivity contribution in [1.82, 2.24) is 9.80 Å². The molecule has 10 nitrogen and oxygen atoms in total. The van der Waals surface area contributed by atoms with E-state index in [1.165, 1.54) is 12.4 Å². The highest BCUT2D eigenvalue weighted by molar-refractivity contribution is 6.35. The van der Waals surface area contributed by atoms with Crippen molar-refractivity contribution in [1.29, 1.82) is 0 Å². The number of aromatic nitrogens is 1. The van der Waals surface area contributed by atoms with Gasteiger partial charge in [-0.2, -0.15) is 4.73 Å². The summed E-state index contributed by atoms with van der Waals surface area (Å²) in [4.78, 5) is 30.8. The largest absolute Gasteiger partial charge is 0.619 e. The lowest BCUT2D eigenvalue weighted by Crippen LogP contribution is -2.61. The van der Waals surface area contributed by atoms with E-state index >= 15 is 0 Å². The van der Waals surface area contributed by atoms with Crippen molar-refractivity contribution in [2.75, 3.05) is 46.9 Å². The minimum Gasteiger partial charge on any atom is -0.619 e. The van der Waals surface area contributed by atoms with Gasteiger partial charge < -0.3 is 29.4 Å². The molecule has 4 fully saturated rings. The molecule has 2 bridgehead atoms. The number of aliphatic carboxylic acids is 1. The van der Waals surface area contributed by atoms with Crippen molar-refractivity contribution in [2.24, 2.45) is 17.8 Å². The van der Waals surface area contributed by atoms with Crippen molar-refractivity contribution in [3.05, 3.63) is 122 Å². The number of fused-ring (bicyclic) bond motifs is 3. The van der Waals surface area contributed by atoms with Crippen molar-refractivity contribution in [3.8, 4) is 11.5 Å². The van der Waals surface area contributed by atoms with Crippen LogP contribution in [0.15, 0.2) is 90.5 Å². The summed E-state index contributed by atoms with van der Waals surface area (Å²) in [6.45, 7) is 4.32. The van der Waals surface area contributed by atoms with Crippen molar-refractivity contribution in [2.45, 2.75) is 49.7 Å². The molecule has 0 radical (unpaired) electrons. The average Bonchev–Trinajstić information content (AvgIpc) is 3.19. The molecule has 1 aliphatic carbocycles. The Morgan fingerprint density at radius 3 is 2.41 bits per heavy atom. The highest BCUT2D eigenvalue weighted by Gasteiger charge is 2.51. The van der Waals surface area contributed by atoms with Gasteiger partial charge in [-0.15, -0.1) is 0 Å². The molecule has 4 aliphatic heterocycles. The predicted octanol–water partition coefficient (Wildman–Crippen LogP) is 6.60. The quantitative estimate of drug-likeness (QED) is 0.124. The SMILES string of the molecule is COc1ccc([C@H](Cc2c(Cl)c[n+]([O-])cc2Cl)OC2=CC(=C=O)C(CN3CCC(C(=O)O)(c4ccccc4)CC3[C@H]3CN4CCC3CC4)C=C2)cc1OC. The fraction of sp³-hybridized carbons (Fsp3) is 0.429. The number of methoxy groups -OCH3 is 2. The van der Waals surface area contributed by atoms with E-state index in [-0.39, 0.29) is 28.4 Å². The third kappa shape index (κ3) is 7.63. The zero-order valence-corrected chi connectivity index (χ0v) is 32.0. The topological polar surface area (TPSA) is 115 Å². The molecule has 0 amide bonds. The lowest BCUT2D eigenvalue weighted by molar-refractivity contribution is -0.605. The van der Waals surface area contributed by atoms with Gasteiger partial charge in [0.1, 0.15) is 27.8 Å². The van der Waals surface area contributed by atoms with Gasteiger partial charge in [0.25, 0.3) is 0 Å². The van der Waals surface area contributed by atoms with E-state index in [4.69, 9.17) is 37.4 Å². The molecule has 1 aromatic heterocycles. The van der Waals surface area contributed by atoms with E-state index in [1.54, 1.807) is 26.4 Å². The summed E-state index contributed by atoms with van der Waals surface area (Å²) in [5, 5.41) is 23.2. The Balaban J connectivity index is 1.15. The summed E-state index contributed by atoms with van der Waals surface area (Å²) in [5.74, 6) is 3.55. The predicted molar refractivity (Wildman–Crippen MR) is 205 cm³/mol. The zero-order chi connectivity index (χ0) is 38.0. The van der Waals surface area contributed by atoms with Crippen LogP contribution < -0.4 is 14.2 Å². The van der Waals surface area contributed by atoms with Gasteiger partial charge in [0.2, 0.25) is 0 Å². The normalized spacial score (nSPS) is 27.1. The molecule has 0 saturated carbocycles. The Hall–Kier alpha value is -4.31. The maximum atomic E-state index is 13.2. The second-order valence-electron chi connectivity index (χ2n) is 14.9. The lowest BCUT2D eigenvalue weighted by Gasteiger charge is -2.54. The number of carboxylic acid groups (broad SMARTS) is 1. The van der Waals surface area contributed by atoms with Gasteiger partial charge in [0.15, 0.2) is 23.9 Å². The van der Waals surface area contributed by atoms with Crippen LogP contribution in [0.4, 0.5) is 0 Å². The van der Waals surface area contributed by atoms with Crippen LogP contribution in [0.3, 0.4) is 0 Å². The van der Waals surface area contributed by atoms with E-state index in [1.807, 2.05) is 54.6 Å². The van der Waals surface area contributed by atoms with Crippen LogP contribution in [0.5, 0.6) is 11.5 Å². The smallest absolute Gasteiger partial charge is 0.314 e. The molecule has 4 saturated heterocycles. The number of pyridine rings is 1. The first kappa shape index (κ1) is 38.0. The van der Waals surface area contributed by atoms with Gasteiger partial charge in [0.05, 0.1) is 19.6 Å². The third-order valence-electron chi connectivity index (χ3n) is 12.0. The molecule has 0 spiro atoms. The fourth-order valence-corrected chi connectivity index (χ4v) is 9.69. The number of benzene rings is 2. The number of likely N-dealkylation sites (tertiary alicyclic amines) is 1. The number of carbonyl (C=O) groups is 1. The Bertz CT molecular complexity index is 1950. The van der Waals surface area contributed by atoms with Crippen LogP contribution >= 0.6 is 23.2 Å². The van der Waals surface area contributed by atoms with Crippen LogP contribution in [0.2, 0.25) is 10.0 Å². The molecule has 8 rings (SSSR count). The van der Waals surface area contributed by atoms with E-state index in [0.29, 0.717) is 70.9 Å². The molecule has 284 valence electrons. The van der Waals surface area contributed by atoms with Crippen LogP contribution in [0.1, 0.15) is 48.5 Å². The molecule has 54 heavy (non-hydrogen) atoms. The molecule has 12 heteroatoms. The number of rotatable bonds is 12. The summed E-state index contributed by atoms with van der Waals surface area (Å²) in [5.41, 5.74) is 1.60. The molecule has 3 unspecified atom stereocenters. The molecule has 5 atom stereocenters. The summed E-state index contributed by atoms with van der Waals surface area (Å²) in [6.07, 6.45) is 10.9. The van der Waals surface area contributed by atoms with Gasteiger partial charge in [-0.05, 0) is 92.6 Å². The van der Waals surface area contributed by atoms with Gasteiger partial charge in [-0.3, -0.25) is 9.69 Å². The summed E-state index contributed by atoms with van der Waals surface area (Å²) >= 11 is 13.0. The van der Waals surface area contributed by atoms with E-state index in [0.717, 1.165) is 43.6 Å². The number of carbonyl (C=O) groups excluding carboxylic acids is 1.